The molecule has 2 aromatic rings. The maximum absolute atomic E-state index is 12.1. The molecule has 0 aliphatic carbocycles. The van der Waals surface area contributed by atoms with Crippen LogP contribution in [0.1, 0.15) is 22.4 Å². The van der Waals surface area contributed by atoms with Gasteiger partial charge in [0.05, 0.1) is 11.6 Å². The summed E-state index contributed by atoms with van der Waals surface area (Å²) in [6, 6.07) is 7.28. The van der Waals surface area contributed by atoms with E-state index in [1.807, 2.05) is 25.1 Å². The van der Waals surface area contributed by atoms with Crippen LogP contribution in [-0.2, 0) is 6.42 Å². The number of anilines is 1. The van der Waals surface area contributed by atoms with Gasteiger partial charge in [-0.3, -0.25) is 4.79 Å². The molecule has 0 fully saturated rings. The topological polar surface area (TPSA) is 77.2 Å². The van der Waals surface area contributed by atoms with Crippen molar-refractivity contribution in [3.05, 3.63) is 40.3 Å². The van der Waals surface area contributed by atoms with Gasteiger partial charge in [0.15, 0.2) is 0 Å². The van der Waals surface area contributed by atoms with Gasteiger partial charge in [0, 0.05) is 23.6 Å². The summed E-state index contributed by atoms with van der Waals surface area (Å²) >= 11 is 1.45. The first-order chi connectivity index (χ1) is 9.72. The molecule has 0 atom stereocenters. The summed E-state index contributed by atoms with van der Waals surface area (Å²) in [7, 11) is 0. The molecule has 0 spiro atoms. The smallest absolute Gasteiger partial charge is 0.275 e. The number of amides is 1. The number of nitrogens with zero attached hydrogens (tertiary/aromatic N) is 1. The third kappa shape index (κ3) is 3.79. The molecule has 0 saturated heterocycles. The van der Waals surface area contributed by atoms with Crippen LogP contribution in [-0.4, -0.2) is 24.0 Å². The number of nitrogens with one attached hydrogen (secondary N) is 1. The van der Waals surface area contributed by atoms with E-state index < -0.39 is 0 Å². The second-order valence-electron chi connectivity index (χ2n) is 4.08. The number of thiazole rings is 1. The molecule has 0 unspecified atom stereocenters. The molecule has 1 aromatic carbocycles. The minimum Gasteiger partial charge on any atom is -0.494 e. The normalized spacial score (nSPS) is 10.3. The van der Waals surface area contributed by atoms with Crippen molar-refractivity contribution < 1.29 is 9.53 Å². The zero-order valence-corrected chi connectivity index (χ0v) is 12.1. The minimum absolute atomic E-state index is 0.224. The monoisotopic (exact) mass is 291 g/mol. The summed E-state index contributed by atoms with van der Waals surface area (Å²) in [5, 5.41) is 5.42. The van der Waals surface area contributed by atoms with Crippen LogP contribution in [0.3, 0.4) is 0 Å². The Kier molecular flexibility index (Phi) is 5.09. The molecular formula is C14H17N3O2S. The van der Waals surface area contributed by atoms with Gasteiger partial charge in [-0.1, -0.05) is 6.07 Å². The Bertz CT molecular complexity index is 583. The number of nitrogens with two attached hydrogens (primary N) is 1. The Hall–Kier alpha value is -1.92. The van der Waals surface area contributed by atoms with E-state index >= 15 is 0 Å². The lowest BCUT2D eigenvalue weighted by atomic mass is 10.3. The molecular weight excluding hydrogens is 274 g/mol. The predicted molar refractivity (Wildman–Crippen MR) is 80.4 cm³/mol. The number of carbonyl (C=O) groups is 1. The molecule has 1 heterocycles. The van der Waals surface area contributed by atoms with Crippen LogP contribution >= 0.6 is 11.3 Å². The Labute approximate surface area is 121 Å². The highest BCUT2D eigenvalue weighted by Gasteiger charge is 2.11. The van der Waals surface area contributed by atoms with Gasteiger partial charge in [-0.2, -0.15) is 0 Å². The molecule has 1 amide bonds. The summed E-state index contributed by atoms with van der Waals surface area (Å²) < 4.78 is 5.39. The molecule has 0 aliphatic heterocycles. The molecule has 0 radical (unpaired) electrons. The molecule has 0 bridgehead atoms. The van der Waals surface area contributed by atoms with Crippen LogP contribution < -0.4 is 15.8 Å². The van der Waals surface area contributed by atoms with Gasteiger partial charge < -0.3 is 15.8 Å². The Morgan fingerprint density at radius 2 is 2.35 bits per heavy atom. The van der Waals surface area contributed by atoms with Crippen LogP contribution in [0, 0.1) is 0 Å². The van der Waals surface area contributed by atoms with Crippen LogP contribution in [0.2, 0.25) is 0 Å². The van der Waals surface area contributed by atoms with E-state index in [2.05, 4.69) is 10.3 Å². The second-order valence-corrected chi connectivity index (χ2v) is 5.02. The van der Waals surface area contributed by atoms with E-state index in [1.165, 1.54) is 11.3 Å². The van der Waals surface area contributed by atoms with Crippen molar-refractivity contribution >= 4 is 22.9 Å². The summed E-state index contributed by atoms with van der Waals surface area (Å²) in [5.41, 5.74) is 6.57. The number of hydrogen-bond acceptors (Lipinski definition) is 5. The van der Waals surface area contributed by atoms with E-state index in [9.17, 15) is 4.79 Å². The van der Waals surface area contributed by atoms with Crippen LogP contribution in [0.4, 0.5) is 5.69 Å². The zero-order chi connectivity index (χ0) is 14.4. The highest BCUT2D eigenvalue weighted by molar-refractivity contribution is 7.09. The molecule has 20 heavy (non-hydrogen) atoms. The molecule has 0 saturated carbocycles. The minimum atomic E-state index is -0.224. The Morgan fingerprint density at radius 1 is 1.50 bits per heavy atom. The standard InChI is InChI=1S/C14H17N3O2S/c1-2-19-11-5-3-4-10(8-11)16-14(18)12-9-20-13(17-12)6-7-15/h3-5,8-9H,2,6-7,15H2,1H3,(H,16,18). The van der Waals surface area contributed by atoms with Gasteiger partial charge in [0.25, 0.3) is 5.91 Å². The van der Waals surface area contributed by atoms with Crippen molar-refractivity contribution in [3.63, 3.8) is 0 Å². The third-order valence-electron chi connectivity index (χ3n) is 2.55. The maximum atomic E-state index is 12.1. The van der Waals surface area contributed by atoms with Crippen molar-refractivity contribution in [1.29, 1.82) is 0 Å². The summed E-state index contributed by atoms with van der Waals surface area (Å²) in [5.74, 6) is 0.505. The van der Waals surface area contributed by atoms with Crippen LogP contribution in [0.15, 0.2) is 29.6 Å². The van der Waals surface area contributed by atoms with Gasteiger partial charge in [-0.15, -0.1) is 11.3 Å². The molecule has 3 N–H and O–H groups in total. The number of rotatable bonds is 6. The summed E-state index contributed by atoms with van der Waals surface area (Å²) in [4.78, 5) is 16.3. The van der Waals surface area contributed by atoms with Gasteiger partial charge in [0.1, 0.15) is 11.4 Å². The number of hydrogen-bond donors (Lipinski definition) is 2. The first kappa shape index (κ1) is 14.5. The number of ether oxygens (including phenoxy) is 1. The van der Waals surface area contributed by atoms with Crippen molar-refractivity contribution in [2.24, 2.45) is 5.73 Å². The fraction of sp³-hybridized carbons (Fsp3) is 0.286. The molecule has 106 valence electrons. The molecule has 2 rings (SSSR count). The zero-order valence-electron chi connectivity index (χ0n) is 11.3. The molecule has 1 aromatic heterocycles. The highest BCUT2D eigenvalue weighted by Crippen LogP contribution is 2.18. The number of benzene rings is 1. The predicted octanol–water partition coefficient (Wildman–Crippen LogP) is 2.30. The van der Waals surface area contributed by atoms with Crippen molar-refractivity contribution in [1.82, 2.24) is 4.98 Å². The maximum Gasteiger partial charge on any atom is 0.275 e. The molecule has 0 aliphatic rings. The van der Waals surface area contributed by atoms with Crippen LogP contribution in [0.25, 0.3) is 0 Å². The lowest BCUT2D eigenvalue weighted by molar-refractivity contribution is 0.102. The first-order valence-electron chi connectivity index (χ1n) is 6.41. The van der Waals surface area contributed by atoms with Crippen molar-refractivity contribution in [2.75, 3.05) is 18.5 Å². The number of aromatic nitrogens is 1. The van der Waals surface area contributed by atoms with E-state index in [0.29, 0.717) is 31.0 Å². The molecule has 5 nitrogen and oxygen atoms in total. The van der Waals surface area contributed by atoms with Gasteiger partial charge in [-0.05, 0) is 25.6 Å². The van der Waals surface area contributed by atoms with E-state index in [1.54, 1.807) is 11.4 Å². The van der Waals surface area contributed by atoms with E-state index in [-0.39, 0.29) is 5.91 Å². The average Bonchev–Trinajstić information content (AvgIpc) is 2.89. The lowest BCUT2D eigenvalue weighted by Crippen LogP contribution is -2.12. The Balaban J connectivity index is 2.04. The molecule has 6 heteroatoms. The fourth-order valence-electron chi connectivity index (χ4n) is 1.68. The van der Waals surface area contributed by atoms with Crippen molar-refractivity contribution in [3.8, 4) is 5.75 Å². The second kappa shape index (κ2) is 7.02. The van der Waals surface area contributed by atoms with E-state index in [4.69, 9.17) is 10.5 Å². The van der Waals surface area contributed by atoms with Crippen molar-refractivity contribution in [2.45, 2.75) is 13.3 Å². The summed E-state index contributed by atoms with van der Waals surface area (Å²) in [6.07, 6.45) is 0.692. The Morgan fingerprint density at radius 3 is 3.10 bits per heavy atom. The number of carbonyl (C=O) groups excluding carboxylic acids is 1. The SMILES string of the molecule is CCOc1cccc(NC(=O)c2csc(CCN)n2)c1. The fourth-order valence-corrected chi connectivity index (χ4v) is 2.47. The summed E-state index contributed by atoms with van der Waals surface area (Å²) in [6.45, 7) is 3.04. The largest absolute Gasteiger partial charge is 0.494 e. The first-order valence-corrected chi connectivity index (χ1v) is 7.29. The van der Waals surface area contributed by atoms with Gasteiger partial charge in [0.2, 0.25) is 0 Å². The average molecular weight is 291 g/mol. The van der Waals surface area contributed by atoms with Crippen LogP contribution in [0.5, 0.6) is 5.75 Å². The van der Waals surface area contributed by atoms with Gasteiger partial charge in [-0.25, -0.2) is 4.98 Å². The lowest BCUT2D eigenvalue weighted by Gasteiger charge is -2.06. The highest BCUT2D eigenvalue weighted by atomic mass is 32.1. The quantitative estimate of drug-likeness (QED) is 0.856. The van der Waals surface area contributed by atoms with Gasteiger partial charge >= 0.3 is 0 Å². The van der Waals surface area contributed by atoms with E-state index in [0.717, 1.165) is 10.8 Å². The third-order valence-corrected chi connectivity index (χ3v) is 3.45.